The van der Waals surface area contributed by atoms with E-state index in [1.54, 1.807) is 0 Å². The Labute approximate surface area is 105 Å². The van der Waals surface area contributed by atoms with Gasteiger partial charge < -0.3 is 10.1 Å². The third-order valence-electron chi connectivity index (χ3n) is 4.96. The molecule has 17 heavy (non-hydrogen) atoms. The normalized spacial score (nSPS) is 28.2. The van der Waals surface area contributed by atoms with E-state index in [0.29, 0.717) is 0 Å². The summed E-state index contributed by atoms with van der Waals surface area (Å²) in [5.74, 6) is 0.879. The maximum absolute atomic E-state index is 6.31. The van der Waals surface area contributed by atoms with E-state index < -0.39 is 0 Å². The molecule has 0 aliphatic heterocycles. The number of hydrogen-bond donors (Lipinski definition) is 1. The lowest BCUT2D eigenvalue weighted by atomic mass is 9.77. The Morgan fingerprint density at radius 1 is 1.00 bits per heavy atom. The van der Waals surface area contributed by atoms with Crippen molar-refractivity contribution < 1.29 is 4.74 Å². The van der Waals surface area contributed by atoms with Crippen molar-refractivity contribution in [2.45, 2.75) is 75.9 Å². The fourth-order valence-electron chi connectivity index (χ4n) is 3.30. The molecule has 3 saturated carbocycles. The largest absolute Gasteiger partial charge is 0.375 e. The van der Waals surface area contributed by atoms with Gasteiger partial charge in [0.05, 0.1) is 12.2 Å². The molecule has 0 saturated heterocycles. The molecule has 0 amide bonds. The third kappa shape index (κ3) is 3.23. The van der Waals surface area contributed by atoms with E-state index in [4.69, 9.17) is 4.74 Å². The van der Waals surface area contributed by atoms with Crippen LogP contribution in [0.15, 0.2) is 0 Å². The molecule has 1 N–H and O–H groups in total. The lowest BCUT2D eigenvalue weighted by Crippen LogP contribution is -2.43. The van der Waals surface area contributed by atoms with E-state index in [0.717, 1.165) is 18.6 Å². The Hall–Kier alpha value is -0.0800. The van der Waals surface area contributed by atoms with E-state index in [-0.39, 0.29) is 5.60 Å². The molecule has 3 rings (SSSR count). The van der Waals surface area contributed by atoms with Crippen LogP contribution in [0, 0.1) is 5.92 Å². The molecule has 98 valence electrons. The van der Waals surface area contributed by atoms with Crippen molar-refractivity contribution in [1.82, 2.24) is 5.32 Å². The number of nitrogens with one attached hydrogen (secondary N) is 1. The Bertz CT molecular complexity index is 239. The van der Waals surface area contributed by atoms with Crippen molar-refractivity contribution in [1.29, 1.82) is 0 Å². The predicted molar refractivity (Wildman–Crippen MR) is 70.1 cm³/mol. The smallest absolute Gasteiger partial charge is 0.0694 e. The minimum atomic E-state index is 0.282. The zero-order valence-electron chi connectivity index (χ0n) is 11.0. The SMILES string of the molecule is C1CCC(COC2(CCNC3CC3)CCC2)C1. The van der Waals surface area contributed by atoms with Gasteiger partial charge in [-0.1, -0.05) is 12.8 Å². The van der Waals surface area contributed by atoms with Crippen LogP contribution >= 0.6 is 0 Å². The van der Waals surface area contributed by atoms with Gasteiger partial charge in [-0.25, -0.2) is 0 Å². The second-order valence-electron chi connectivity index (χ2n) is 6.48. The highest BCUT2D eigenvalue weighted by Gasteiger charge is 2.38. The zero-order valence-corrected chi connectivity index (χ0v) is 11.0. The topological polar surface area (TPSA) is 21.3 Å². The first-order chi connectivity index (χ1) is 8.36. The summed E-state index contributed by atoms with van der Waals surface area (Å²) >= 11 is 0. The highest BCUT2D eigenvalue weighted by atomic mass is 16.5. The van der Waals surface area contributed by atoms with Gasteiger partial charge in [-0.2, -0.15) is 0 Å². The average molecular weight is 237 g/mol. The van der Waals surface area contributed by atoms with Gasteiger partial charge in [-0.15, -0.1) is 0 Å². The summed E-state index contributed by atoms with van der Waals surface area (Å²) in [6.07, 6.45) is 13.7. The van der Waals surface area contributed by atoms with Crippen molar-refractivity contribution in [3.63, 3.8) is 0 Å². The Kier molecular flexibility index (Phi) is 3.72. The number of ether oxygens (including phenoxy) is 1. The molecule has 0 heterocycles. The quantitative estimate of drug-likeness (QED) is 0.734. The molecule has 0 aromatic rings. The van der Waals surface area contributed by atoms with Gasteiger partial charge in [0, 0.05) is 6.04 Å². The van der Waals surface area contributed by atoms with Crippen LogP contribution in [0.3, 0.4) is 0 Å². The van der Waals surface area contributed by atoms with E-state index in [9.17, 15) is 0 Å². The summed E-state index contributed by atoms with van der Waals surface area (Å²) < 4.78 is 6.31. The predicted octanol–water partition coefficient (Wildman–Crippen LogP) is 3.26. The molecule has 0 aromatic heterocycles. The highest BCUT2D eigenvalue weighted by Crippen LogP contribution is 2.40. The molecule has 3 aliphatic rings. The lowest BCUT2D eigenvalue weighted by Gasteiger charge is -2.42. The Morgan fingerprint density at radius 2 is 1.76 bits per heavy atom. The first kappa shape index (κ1) is 12.0. The molecule has 0 spiro atoms. The second-order valence-corrected chi connectivity index (χ2v) is 6.48. The summed E-state index contributed by atoms with van der Waals surface area (Å²) in [6, 6.07) is 0.849. The number of hydrogen-bond acceptors (Lipinski definition) is 2. The van der Waals surface area contributed by atoms with Gasteiger partial charge in [-0.05, 0) is 63.8 Å². The van der Waals surface area contributed by atoms with Gasteiger partial charge >= 0.3 is 0 Å². The molecule has 2 nitrogen and oxygen atoms in total. The van der Waals surface area contributed by atoms with E-state index in [1.807, 2.05) is 0 Å². The van der Waals surface area contributed by atoms with Crippen LogP contribution in [0.1, 0.15) is 64.2 Å². The molecular formula is C15H27NO. The highest BCUT2D eigenvalue weighted by molar-refractivity contribution is 4.92. The first-order valence-electron chi connectivity index (χ1n) is 7.74. The Morgan fingerprint density at radius 3 is 2.35 bits per heavy atom. The van der Waals surface area contributed by atoms with Crippen molar-refractivity contribution >= 4 is 0 Å². The van der Waals surface area contributed by atoms with Crippen LogP contribution in [0.2, 0.25) is 0 Å². The fraction of sp³-hybridized carbons (Fsp3) is 1.00. The summed E-state index contributed by atoms with van der Waals surface area (Å²) in [5, 5.41) is 3.63. The standard InChI is InChI=1S/C15H27NO/c1-2-5-13(4-1)12-17-15(8-3-9-15)10-11-16-14-6-7-14/h13-14,16H,1-12H2. The fourth-order valence-corrected chi connectivity index (χ4v) is 3.30. The molecule has 3 aliphatic carbocycles. The molecule has 3 fully saturated rings. The molecule has 0 aromatic carbocycles. The van der Waals surface area contributed by atoms with Gasteiger partial charge in [0.25, 0.3) is 0 Å². The van der Waals surface area contributed by atoms with Crippen molar-refractivity contribution in [3.8, 4) is 0 Å². The van der Waals surface area contributed by atoms with Gasteiger partial charge in [-0.3, -0.25) is 0 Å². The van der Waals surface area contributed by atoms with Crippen LogP contribution in [0.5, 0.6) is 0 Å². The molecule has 0 radical (unpaired) electrons. The Balaban J connectivity index is 1.37. The summed E-state index contributed by atoms with van der Waals surface area (Å²) in [6.45, 7) is 2.22. The van der Waals surface area contributed by atoms with E-state index >= 15 is 0 Å². The minimum absolute atomic E-state index is 0.282. The molecule has 2 heteroatoms. The van der Waals surface area contributed by atoms with Crippen LogP contribution in [0.25, 0.3) is 0 Å². The third-order valence-corrected chi connectivity index (χ3v) is 4.96. The lowest BCUT2D eigenvalue weighted by molar-refractivity contribution is -0.115. The van der Waals surface area contributed by atoms with Crippen LogP contribution in [-0.2, 0) is 4.74 Å². The van der Waals surface area contributed by atoms with Gasteiger partial charge in [0.1, 0.15) is 0 Å². The van der Waals surface area contributed by atoms with Gasteiger partial charge in [0.15, 0.2) is 0 Å². The summed E-state index contributed by atoms with van der Waals surface area (Å²) in [5.41, 5.74) is 0.282. The van der Waals surface area contributed by atoms with E-state index in [1.165, 1.54) is 70.8 Å². The maximum Gasteiger partial charge on any atom is 0.0694 e. The minimum Gasteiger partial charge on any atom is -0.375 e. The van der Waals surface area contributed by atoms with Crippen LogP contribution in [-0.4, -0.2) is 24.8 Å². The van der Waals surface area contributed by atoms with Crippen molar-refractivity contribution in [3.05, 3.63) is 0 Å². The molecular weight excluding hydrogens is 210 g/mol. The zero-order chi connectivity index (χ0) is 11.6. The van der Waals surface area contributed by atoms with Crippen LogP contribution in [0.4, 0.5) is 0 Å². The molecule has 0 unspecified atom stereocenters. The number of rotatable bonds is 7. The van der Waals surface area contributed by atoms with Crippen molar-refractivity contribution in [2.75, 3.05) is 13.2 Å². The maximum atomic E-state index is 6.31. The molecule has 0 bridgehead atoms. The molecule has 0 atom stereocenters. The van der Waals surface area contributed by atoms with E-state index in [2.05, 4.69) is 5.32 Å². The monoisotopic (exact) mass is 237 g/mol. The second kappa shape index (κ2) is 5.27. The average Bonchev–Trinajstić information content (AvgIpc) is 2.95. The van der Waals surface area contributed by atoms with Crippen LogP contribution < -0.4 is 5.32 Å². The van der Waals surface area contributed by atoms with Gasteiger partial charge in [0.2, 0.25) is 0 Å². The summed E-state index contributed by atoms with van der Waals surface area (Å²) in [4.78, 5) is 0. The first-order valence-corrected chi connectivity index (χ1v) is 7.74. The summed E-state index contributed by atoms with van der Waals surface area (Å²) in [7, 11) is 0. The van der Waals surface area contributed by atoms with Crippen molar-refractivity contribution in [2.24, 2.45) is 5.92 Å².